The molecule has 3 aromatic rings. The number of piperazine rings is 1. The molecule has 1 aliphatic carbocycles. The summed E-state index contributed by atoms with van der Waals surface area (Å²) >= 11 is 0. The average Bonchev–Trinajstić information content (AvgIpc) is 3.42. The van der Waals surface area contributed by atoms with E-state index >= 15 is 4.39 Å². The molecule has 0 bridgehead atoms. The van der Waals surface area contributed by atoms with Crippen LogP contribution in [0.5, 0.6) is 0 Å². The fourth-order valence-electron chi connectivity index (χ4n) is 5.15. The minimum absolute atomic E-state index is 0.0201. The number of halogens is 2. The van der Waals surface area contributed by atoms with E-state index in [0.717, 1.165) is 31.7 Å². The predicted octanol–water partition coefficient (Wildman–Crippen LogP) is 3.60. The van der Waals surface area contributed by atoms with Crippen molar-refractivity contribution in [1.29, 1.82) is 5.26 Å². The number of anilines is 2. The number of allylic oxidation sites excluding steroid dienone is 2. The second-order valence-electron chi connectivity index (χ2n) is 10.7. The highest BCUT2D eigenvalue weighted by molar-refractivity contribution is 5.96. The van der Waals surface area contributed by atoms with E-state index in [-0.39, 0.29) is 18.1 Å². The Labute approximate surface area is 243 Å². The lowest BCUT2D eigenvalue weighted by molar-refractivity contribution is 0.0519. The second kappa shape index (κ2) is 12.8. The van der Waals surface area contributed by atoms with Gasteiger partial charge in [0.15, 0.2) is 17.6 Å². The first-order chi connectivity index (χ1) is 20.3. The monoisotopic (exact) mass is 576 g/mol. The van der Waals surface area contributed by atoms with Crippen LogP contribution in [0, 0.1) is 18.3 Å². The standard InChI is InChI=1S/C30H34F2N8O2/c1-20-18-21(4-5-22(20)30(41)39-15-13-38(14-16-39)12-11-37(2)3)36-28-29-35-19-24(40(29)10-9-34-28)23-6-7-25(42-17-8-33)27(32)26(23)31/h4-7,9-10,18-19,25,27H,11-17H2,1-3H3,(H,34,36). The first kappa shape index (κ1) is 29.3. The second-order valence-corrected chi connectivity index (χ2v) is 10.7. The van der Waals surface area contributed by atoms with Crippen LogP contribution in [0.4, 0.5) is 20.3 Å². The normalized spacial score (nSPS) is 19.5. The van der Waals surface area contributed by atoms with Gasteiger partial charge in [0.1, 0.15) is 18.5 Å². The fraction of sp³-hybridized carbons (Fsp3) is 0.400. The number of benzene rings is 1. The SMILES string of the molecule is Cc1cc(Nc2nccn3c(C4=C(F)C(F)C(OCC#N)C=C4)cnc23)ccc1C(=O)N1CCN(CCN(C)C)CC1. The van der Waals surface area contributed by atoms with Crippen LogP contribution in [0.25, 0.3) is 11.2 Å². The van der Waals surface area contributed by atoms with E-state index in [1.807, 2.05) is 30.0 Å². The molecule has 42 heavy (non-hydrogen) atoms. The summed E-state index contributed by atoms with van der Waals surface area (Å²) in [5.41, 5.74) is 3.01. The molecule has 0 radical (unpaired) electrons. The topological polar surface area (TPSA) is 102 Å². The summed E-state index contributed by atoms with van der Waals surface area (Å²) in [5, 5.41) is 11.9. The van der Waals surface area contributed by atoms with Crippen LogP contribution in [0.2, 0.25) is 0 Å². The molecule has 5 rings (SSSR count). The number of ether oxygens (including phenoxy) is 1. The van der Waals surface area contributed by atoms with E-state index in [2.05, 4.69) is 39.2 Å². The van der Waals surface area contributed by atoms with Crippen molar-refractivity contribution in [1.82, 2.24) is 29.1 Å². The number of fused-ring (bicyclic) bond motifs is 1. The molecular formula is C30H34F2N8O2. The van der Waals surface area contributed by atoms with Gasteiger partial charge in [-0.05, 0) is 44.8 Å². The highest BCUT2D eigenvalue weighted by Crippen LogP contribution is 2.33. The Morgan fingerprint density at radius 3 is 2.74 bits per heavy atom. The zero-order valence-electron chi connectivity index (χ0n) is 23.9. The van der Waals surface area contributed by atoms with Crippen molar-refractivity contribution >= 4 is 28.6 Å². The highest BCUT2D eigenvalue weighted by atomic mass is 19.2. The van der Waals surface area contributed by atoms with E-state index in [9.17, 15) is 9.18 Å². The van der Waals surface area contributed by atoms with E-state index < -0.39 is 18.1 Å². The van der Waals surface area contributed by atoms with Gasteiger partial charge in [-0.1, -0.05) is 12.2 Å². The van der Waals surface area contributed by atoms with Crippen molar-refractivity contribution in [2.45, 2.75) is 19.2 Å². The molecule has 0 spiro atoms. The number of aryl methyl sites for hydroxylation is 1. The van der Waals surface area contributed by atoms with E-state index in [1.165, 1.54) is 18.3 Å². The van der Waals surface area contributed by atoms with Crippen LogP contribution < -0.4 is 5.32 Å². The summed E-state index contributed by atoms with van der Waals surface area (Å²) in [7, 11) is 4.12. The Morgan fingerprint density at radius 1 is 1.24 bits per heavy atom. The molecule has 2 unspecified atom stereocenters. The minimum Gasteiger partial charge on any atom is -0.356 e. The number of carbonyl (C=O) groups is 1. The molecule has 0 saturated carbocycles. The maximum absolute atomic E-state index is 15.0. The van der Waals surface area contributed by atoms with Crippen molar-refractivity contribution in [2.24, 2.45) is 0 Å². The number of nitrogens with one attached hydrogen (secondary N) is 1. The number of amides is 1. The van der Waals surface area contributed by atoms with Crippen molar-refractivity contribution in [3.63, 3.8) is 0 Å². The molecule has 1 aromatic carbocycles. The number of rotatable bonds is 9. The first-order valence-corrected chi connectivity index (χ1v) is 13.8. The molecule has 1 saturated heterocycles. The molecule has 2 aliphatic rings. The molecule has 2 aromatic heterocycles. The van der Waals surface area contributed by atoms with Crippen LogP contribution in [0.15, 0.2) is 54.8 Å². The molecule has 220 valence electrons. The Kier molecular flexibility index (Phi) is 8.91. The zero-order valence-corrected chi connectivity index (χ0v) is 23.9. The van der Waals surface area contributed by atoms with Crippen molar-refractivity contribution < 1.29 is 18.3 Å². The fourth-order valence-corrected chi connectivity index (χ4v) is 5.15. The first-order valence-electron chi connectivity index (χ1n) is 13.8. The van der Waals surface area contributed by atoms with Gasteiger partial charge in [0, 0.05) is 68.5 Å². The van der Waals surface area contributed by atoms with Gasteiger partial charge < -0.3 is 19.9 Å². The van der Waals surface area contributed by atoms with Gasteiger partial charge in [0.2, 0.25) is 0 Å². The largest absolute Gasteiger partial charge is 0.356 e. The predicted molar refractivity (Wildman–Crippen MR) is 156 cm³/mol. The van der Waals surface area contributed by atoms with Crippen molar-refractivity contribution in [3.8, 4) is 6.07 Å². The quantitative estimate of drug-likeness (QED) is 0.413. The summed E-state index contributed by atoms with van der Waals surface area (Å²) < 4.78 is 36.4. The molecule has 10 nitrogen and oxygen atoms in total. The van der Waals surface area contributed by atoms with Crippen LogP contribution >= 0.6 is 0 Å². The van der Waals surface area contributed by atoms with Crippen molar-refractivity contribution in [3.05, 3.63) is 71.6 Å². The van der Waals surface area contributed by atoms with Crippen molar-refractivity contribution in [2.75, 3.05) is 65.3 Å². The number of hydrogen-bond acceptors (Lipinski definition) is 8. The van der Waals surface area contributed by atoms with Crippen LogP contribution in [-0.2, 0) is 4.74 Å². The third-order valence-electron chi connectivity index (χ3n) is 7.53. The van der Waals surface area contributed by atoms with Crippen LogP contribution in [0.1, 0.15) is 21.6 Å². The summed E-state index contributed by atoms with van der Waals surface area (Å²) in [6, 6.07) is 7.29. The van der Waals surface area contributed by atoms with Crippen LogP contribution in [-0.4, -0.2) is 107 Å². The minimum atomic E-state index is -2.03. The third-order valence-corrected chi connectivity index (χ3v) is 7.53. The number of aromatic nitrogens is 3. The van der Waals surface area contributed by atoms with Gasteiger partial charge in [0.05, 0.1) is 18.0 Å². The Balaban J connectivity index is 1.29. The summed E-state index contributed by atoms with van der Waals surface area (Å²) in [6.07, 6.45) is 4.26. The van der Waals surface area contributed by atoms with Gasteiger partial charge in [-0.25, -0.2) is 18.7 Å². The van der Waals surface area contributed by atoms with Gasteiger partial charge in [-0.3, -0.25) is 14.1 Å². The van der Waals surface area contributed by atoms with E-state index in [1.54, 1.807) is 22.9 Å². The molecular weight excluding hydrogens is 542 g/mol. The Bertz CT molecular complexity index is 1550. The number of nitrogens with zero attached hydrogens (tertiary/aromatic N) is 7. The maximum atomic E-state index is 15.0. The van der Waals surface area contributed by atoms with Gasteiger partial charge in [-0.2, -0.15) is 5.26 Å². The summed E-state index contributed by atoms with van der Waals surface area (Å²) in [5.74, 6) is -0.546. The van der Waals surface area contributed by atoms with Gasteiger partial charge >= 0.3 is 0 Å². The Hall–Kier alpha value is -4.18. The molecule has 3 heterocycles. The number of nitriles is 1. The van der Waals surface area contributed by atoms with E-state index in [0.29, 0.717) is 41.5 Å². The molecule has 1 fully saturated rings. The number of imidazole rings is 1. The van der Waals surface area contributed by atoms with Gasteiger partial charge in [-0.15, -0.1) is 0 Å². The van der Waals surface area contributed by atoms with Crippen LogP contribution in [0.3, 0.4) is 0 Å². The molecule has 1 amide bonds. The Morgan fingerprint density at radius 2 is 2.02 bits per heavy atom. The smallest absolute Gasteiger partial charge is 0.254 e. The molecule has 12 heteroatoms. The lowest BCUT2D eigenvalue weighted by Crippen LogP contribution is -2.50. The lowest BCUT2D eigenvalue weighted by atomic mass is 10.00. The summed E-state index contributed by atoms with van der Waals surface area (Å²) in [6.45, 7) is 6.66. The van der Waals surface area contributed by atoms with E-state index in [4.69, 9.17) is 10.00 Å². The third kappa shape index (κ3) is 6.18. The van der Waals surface area contributed by atoms with Gasteiger partial charge in [0.25, 0.3) is 5.91 Å². The summed E-state index contributed by atoms with van der Waals surface area (Å²) in [4.78, 5) is 28.5. The molecule has 2 atom stereocenters. The zero-order chi connectivity index (χ0) is 29.8. The number of alkyl halides is 1. The molecule has 1 aliphatic heterocycles. The lowest BCUT2D eigenvalue weighted by Gasteiger charge is -2.35. The number of carbonyl (C=O) groups excluding carboxylic acids is 1. The number of likely N-dealkylation sites (N-methyl/N-ethyl adjacent to an activating group) is 1. The number of hydrogen-bond donors (Lipinski definition) is 1. The highest BCUT2D eigenvalue weighted by Gasteiger charge is 2.31. The molecule has 1 N–H and O–H groups in total. The maximum Gasteiger partial charge on any atom is 0.254 e. The average molecular weight is 577 g/mol.